The van der Waals surface area contributed by atoms with E-state index in [9.17, 15) is 14.0 Å². The summed E-state index contributed by atoms with van der Waals surface area (Å²) in [6, 6.07) is 4.60. The molecule has 33 heavy (non-hydrogen) atoms. The fraction of sp³-hybridized carbons (Fsp3) is 0.458. The number of carbonyl (C=O) groups excluding carboxylic acids is 1. The summed E-state index contributed by atoms with van der Waals surface area (Å²) in [7, 11) is 0. The van der Waals surface area contributed by atoms with Crippen LogP contribution in [0, 0.1) is 5.82 Å². The molecule has 1 aliphatic heterocycles. The van der Waals surface area contributed by atoms with Gasteiger partial charge in [-0.15, -0.1) is 0 Å². The quantitative estimate of drug-likeness (QED) is 0.643. The van der Waals surface area contributed by atoms with Gasteiger partial charge in [0.05, 0.1) is 17.4 Å². The average Bonchev–Trinajstić information content (AvgIpc) is 3.38. The molecule has 1 N–H and O–H groups in total. The minimum absolute atomic E-state index is 0.219. The van der Waals surface area contributed by atoms with Crippen LogP contribution in [0.25, 0.3) is 11.5 Å². The molecule has 0 radical (unpaired) electrons. The smallest absolute Gasteiger partial charge is 0.410 e. The second-order valence-corrected chi connectivity index (χ2v) is 9.81. The summed E-state index contributed by atoms with van der Waals surface area (Å²) in [5.74, 6) is 0.559. The lowest BCUT2D eigenvalue weighted by molar-refractivity contribution is 0.0159. The maximum absolute atomic E-state index is 14.4. The number of H-pyrrole nitrogens is 1. The standard InChI is InChI=1S/C24H28FN5O3/c1-14-20-19(9-11-28(14)23(32)33-24(2,3)4)27-30(21(20)29-12-10-26-22(29)31)16-7-8-18(25)17(13-16)15-5-6-15/h7-8,10,12-15H,5-6,9,11H2,1-4H3,(H,26,31)/t14-/m0/s1. The van der Waals surface area contributed by atoms with Crippen LogP contribution in [0.5, 0.6) is 0 Å². The molecule has 0 saturated heterocycles. The van der Waals surface area contributed by atoms with Gasteiger partial charge in [-0.05, 0) is 70.2 Å². The molecule has 3 aromatic rings. The SMILES string of the molecule is C[C@H]1c2c(nn(-c3ccc(F)c(C4CC4)c3)c2-n2cc[nH]c2=O)CCN1C(=O)OC(C)(C)C. The van der Waals surface area contributed by atoms with Gasteiger partial charge in [0.2, 0.25) is 0 Å². The van der Waals surface area contributed by atoms with E-state index in [0.717, 1.165) is 24.1 Å². The number of aromatic nitrogens is 4. The third-order valence-corrected chi connectivity index (χ3v) is 6.19. The van der Waals surface area contributed by atoms with Gasteiger partial charge >= 0.3 is 11.8 Å². The third kappa shape index (κ3) is 3.85. The molecule has 2 aromatic heterocycles. The summed E-state index contributed by atoms with van der Waals surface area (Å²) in [6.45, 7) is 7.87. The number of hydrogen-bond donors (Lipinski definition) is 1. The lowest BCUT2D eigenvalue weighted by atomic mass is 10.00. The predicted octanol–water partition coefficient (Wildman–Crippen LogP) is 4.22. The zero-order valence-electron chi connectivity index (χ0n) is 19.3. The van der Waals surface area contributed by atoms with Gasteiger partial charge in [0.25, 0.3) is 0 Å². The van der Waals surface area contributed by atoms with Gasteiger partial charge in [-0.2, -0.15) is 5.10 Å². The zero-order chi connectivity index (χ0) is 23.5. The second-order valence-electron chi connectivity index (χ2n) is 9.81. The highest BCUT2D eigenvalue weighted by molar-refractivity contribution is 5.70. The van der Waals surface area contributed by atoms with Crippen LogP contribution in [0.15, 0.2) is 35.4 Å². The predicted molar refractivity (Wildman–Crippen MR) is 121 cm³/mol. The van der Waals surface area contributed by atoms with Crippen molar-refractivity contribution in [3.63, 3.8) is 0 Å². The Labute approximate surface area is 191 Å². The number of hydrogen-bond acceptors (Lipinski definition) is 4. The van der Waals surface area contributed by atoms with Crippen LogP contribution < -0.4 is 5.69 Å². The molecule has 0 spiro atoms. The molecule has 8 nitrogen and oxygen atoms in total. The number of nitrogens with zero attached hydrogens (tertiary/aromatic N) is 4. The molecule has 2 aliphatic rings. The van der Waals surface area contributed by atoms with Gasteiger partial charge in [-0.3, -0.25) is 4.57 Å². The van der Waals surface area contributed by atoms with E-state index in [1.165, 1.54) is 10.6 Å². The molecule has 1 amide bonds. The van der Waals surface area contributed by atoms with Crippen molar-refractivity contribution in [2.45, 2.75) is 64.5 Å². The van der Waals surface area contributed by atoms with E-state index in [1.54, 1.807) is 28.0 Å². The Balaban J connectivity index is 1.64. The average molecular weight is 454 g/mol. The Hall–Kier alpha value is -3.36. The molecule has 1 aliphatic carbocycles. The number of benzene rings is 1. The van der Waals surface area contributed by atoms with Crippen LogP contribution in [0.2, 0.25) is 0 Å². The van der Waals surface area contributed by atoms with Crippen LogP contribution in [0.4, 0.5) is 9.18 Å². The first-order valence-electron chi connectivity index (χ1n) is 11.3. The Morgan fingerprint density at radius 2 is 2.03 bits per heavy atom. The summed E-state index contributed by atoms with van der Waals surface area (Å²) in [5, 5.41) is 4.83. The minimum atomic E-state index is -0.616. The molecule has 1 atom stereocenters. The van der Waals surface area contributed by atoms with Crippen molar-refractivity contribution >= 4 is 6.09 Å². The van der Waals surface area contributed by atoms with Crippen molar-refractivity contribution in [2.24, 2.45) is 0 Å². The number of amides is 1. The van der Waals surface area contributed by atoms with Crippen molar-refractivity contribution in [3.05, 3.63) is 63.7 Å². The first-order valence-corrected chi connectivity index (χ1v) is 11.3. The molecule has 1 saturated carbocycles. The van der Waals surface area contributed by atoms with E-state index in [4.69, 9.17) is 9.84 Å². The van der Waals surface area contributed by atoms with Gasteiger partial charge < -0.3 is 14.6 Å². The normalized spacial score (nSPS) is 18.3. The Morgan fingerprint density at radius 3 is 2.67 bits per heavy atom. The maximum Gasteiger partial charge on any atom is 0.410 e. The Kier molecular flexibility index (Phi) is 4.95. The van der Waals surface area contributed by atoms with Crippen LogP contribution >= 0.6 is 0 Å². The van der Waals surface area contributed by atoms with Gasteiger partial charge in [-0.25, -0.2) is 18.7 Å². The molecular weight excluding hydrogens is 425 g/mol. The molecule has 0 unspecified atom stereocenters. The van der Waals surface area contributed by atoms with E-state index >= 15 is 0 Å². The molecule has 3 heterocycles. The van der Waals surface area contributed by atoms with Crippen LogP contribution in [0.1, 0.15) is 69.3 Å². The highest BCUT2D eigenvalue weighted by atomic mass is 19.1. The van der Waals surface area contributed by atoms with Crippen LogP contribution in [-0.4, -0.2) is 42.5 Å². The minimum Gasteiger partial charge on any atom is -0.444 e. The van der Waals surface area contributed by atoms with Crippen LogP contribution in [-0.2, 0) is 11.2 Å². The Bertz CT molecular complexity index is 1280. The van der Waals surface area contributed by atoms with Crippen molar-refractivity contribution in [1.29, 1.82) is 0 Å². The second kappa shape index (κ2) is 7.60. The summed E-state index contributed by atoms with van der Waals surface area (Å²) in [4.78, 5) is 29.9. The van der Waals surface area contributed by atoms with E-state index in [0.29, 0.717) is 30.0 Å². The highest BCUT2D eigenvalue weighted by Gasteiger charge is 2.37. The van der Waals surface area contributed by atoms with Crippen molar-refractivity contribution in [1.82, 2.24) is 24.2 Å². The molecular formula is C24H28FN5O3. The van der Waals surface area contributed by atoms with Crippen molar-refractivity contribution in [2.75, 3.05) is 6.54 Å². The number of nitrogens with one attached hydrogen (secondary N) is 1. The largest absolute Gasteiger partial charge is 0.444 e. The fourth-order valence-corrected chi connectivity index (χ4v) is 4.49. The summed E-state index contributed by atoms with van der Waals surface area (Å²) >= 11 is 0. The molecule has 174 valence electrons. The lowest BCUT2D eigenvalue weighted by Crippen LogP contribution is -2.42. The zero-order valence-corrected chi connectivity index (χ0v) is 19.3. The fourth-order valence-electron chi connectivity index (χ4n) is 4.49. The Morgan fingerprint density at radius 1 is 1.27 bits per heavy atom. The maximum atomic E-state index is 14.4. The molecule has 5 rings (SSSR count). The van der Waals surface area contributed by atoms with Crippen molar-refractivity contribution < 1.29 is 13.9 Å². The molecule has 1 fully saturated rings. The number of carbonyl (C=O) groups is 1. The van der Waals surface area contributed by atoms with Crippen molar-refractivity contribution in [3.8, 4) is 11.5 Å². The summed E-state index contributed by atoms with van der Waals surface area (Å²) < 4.78 is 23.2. The highest BCUT2D eigenvalue weighted by Crippen LogP contribution is 2.42. The van der Waals surface area contributed by atoms with E-state index in [2.05, 4.69) is 4.98 Å². The van der Waals surface area contributed by atoms with E-state index in [1.807, 2.05) is 33.8 Å². The first kappa shape index (κ1) is 21.5. The van der Waals surface area contributed by atoms with Gasteiger partial charge in [-0.1, -0.05) is 0 Å². The molecule has 1 aromatic carbocycles. The van der Waals surface area contributed by atoms with E-state index < -0.39 is 11.7 Å². The van der Waals surface area contributed by atoms with Crippen LogP contribution in [0.3, 0.4) is 0 Å². The third-order valence-electron chi connectivity index (χ3n) is 6.19. The first-order chi connectivity index (χ1) is 15.6. The number of fused-ring (bicyclic) bond motifs is 1. The molecule has 9 heteroatoms. The van der Waals surface area contributed by atoms with Gasteiger partial charge in [0.15, 0.2) is 0 Å². The topological polar surface area (TPSA) is 85.2 Å². The molecule has 0 bridgehead atoms. The number of imidazole rings is 1. The summed E-state index contributed by atoms with van der Waals surface area (Å²) in [5.41, 5.74) is 2.03. The van der Waals surface area contributed by atoms with E-state index in [-0.39, 0.29) is 23.5 Å². The number of ether oxygens (including phenoxy) is 1. The lowest BCUT2D eigenvalue weighted by Gasteiger charge is -2.34. The monoisotopic (exact) mass is 453 g/mol. The number of rotatable bonds is 3. The van der Waals surface area contributed by atoms with Gasteiger partial charge in [0, 0.05) is 30.9 Å². The number of halogens is 1. The summed E-state index contributed by atoms with van der Waals surface area (Å²) in [6.07, 6.45) is 5.27. The van der Waals surface area contributed by atoms with Gasteiger partial charge in [0.1, 0.15) is 17.2 Å². The number of aromatic amines is 1.